The van der Waals surface area contributed by atoms with E-state index in [0.29, 0.717) is 12.5 Å². The van der Waals surface area contributed by atoms with E-state index in [4.69, 9.17) is 0 Å². The fourth-order valence-electron chi connectivity index (χ4n) is 2.39. The van der Waals surface area contributed by atoms with Crippen molar-refractivity contribution in [2.45, 2.75) is 38.5 Å². The van der Waals surface area contributed by atoms with Gasteiger partial charge in [-0.3, -0.25) is 4.79 Å². The average Bonchev–Trinajstić information content (AvgIpc) is 2.82. The van der Waals surface area contributed by atoms with Crippen molar-refractivity contribution >= 4 is 11.6 Å². The summed E-state index contributed by atoms with van der Waals surface area (Å²) in [6.07, 6.45) is 5.07. The largest absolute Gasteiger partial charge is 0.351 e. The number of carbonyl (C=O) groups is 1. The first-order valence-corrected chi connectivity index (χ1v) is 6.21. The van der Waals surface area contributed by atoms with E-state index in [0.717, 1.165) is 11.5 Å². The lowest BCUT2D eigenvalue weighted by atomic mass is 10.0. The molecule has 1 aromatic heterocycles. The van der Waals surface area contributed by atoms with Crippen molar-refractivity contribution in [2.24, 2.45) is 0 Å². The summed E-state index contributed by atoms with van der Waals surface area (Å²) in [4.78, 5) is 12.8. The van der Waals surface area contributed by atoms with Gasteiger partial charge in [0.05, 0.1) is 12.2 Å². The summed E-state index contributed by atoms with van der Waals surface area (Å²) >= 11 is 0. The molecule has 0 N–H and O–H groups in total. The summed E-state index contributed by atoms with van der Waals surface area (Å²) in [6.45, 7) is 1.97. The maximum absolute atomic E-state index is 11.0. The second-order valence-corrected chi connectivity index (χ2v) is 4.86. The van der Waals surface area contributed by atoms with Crippen LogP contribution in [0.15, 0.2) is 12.1 Å². The van der Waals surface area contributed by atoms with Gasteiger partial charge in [0.15, 0.2) is 5.82 Å². The molecule has 0 unspecified atom stereocenters. The minimum atomic E-state index is 0.133. The van der Waals surface area contributed by atoms with Crippen LogP contribution in [-0.4, -0.2) is 29.6 Å². The number of hydrogen-bond donors (Lipinski definition) is 0. The van der Waals surface area contributed by atoms with E-state index in [1.165, 1.54) is 25.7 Å². The second kappa shape index (κ2) is 5.25. The molecule has 0 aliphatic heterocycles. The van der Waals surface area contributed by atoms with E-state index >= 15 is 0 Å². The van der Waals surface area contributed by atoms with Crippen LogP contribution < -0.4 is 4.90 Å². The van der Waals surface area contributed by atoms with E-state index < -0.39 is 0 Å². The monoisotopic (exact) mass is 233 g/mol. The third-order valence-corrected chi connectivity index (χ3v) is 3.30. The highest BCUT2D eigenvalue weighted by Crippen LogP contribution is 2.32. The Labute approximate surface area is 102 Å². The maximum Gasteiger partial charge on any atom is 0.151 e. The molecule has 17 heavy (non-hydrogen) atoms. The van der Waals surface area contributed by atoms with Crippen LogP contribution in [0.2, 0.25) is 0 Å². The molecule has 0 bridgehead atoms. The Kier molecular flexibility index (Phi) is 3.71. The summed E-state index contributed by atoms with van der Waals surface area (Å²) in [5, 5.41) is 8.49. The van der Waals surface area contributed by atoms with Gasteiger partial charge in [0.1, 0.15) is 5.78 Å². The van der Waals surface area contributed by atoms with Gasteiger partial charge in [-0.2, -0.15) is 5.10 Å². The number of nitrogens with zero attached hydrogens (tertiary/aromatic N) is 3. The first-order chi connectivity index (χ1) is 8.16. The van der Waals surface area contributed by atoms with Crippen LogP contribution in [0, 0.1) is 0 Å². The van der Waals surface area contributed by atoms with Gasteiger partial charge in [-0.05, 0) is 31.9 Å². The molecule has 1 aliphatic rings. The maximum atomic E-state index is 11.0. The van der Waals surface area contributed by atoms with E-state index in [1.54, 1.807) is 6.92 Å². The number of rotatable bonds is 4. The molecular weight excluding hydrogens is 214 g/mol. The Morgan fingerprint density at radius 1 is 1.35 bits per heavy atom. The molecule has 0 spiro atoms. The molecule has 2 rings (SSSR count). The molecule has 92 valence electrons. The molecule has 4 nitrogen and oxygen atoms in total. The van der Waals surface area contributed by atoms with E-state index in [9.17, 15) is 4.79 Å². The van der Waals surface area contributed by atoms with Gasteiger partial charge in [-0.15, -0.1) is 5.10 Å². The lowest BCUT2D eigenvalue weighted by Crippen LogP contribution is -2.25. The summed E-state index contributed by atoms with van der Waals surface area (Å²) in [6, 6.07) is 4.01. The molecule has 4 heteroatoms. The minimum absolute atomic E-state index is 0.133. The Morgan fingerprint density at radius 3 is 2.59 bits per heavy atom. The van der Waals surface area contributed by atoms with Gasteiger partial charge in [0, 0.05) is 13.0 Å². The Balaban J connectivity index is 2.04. The lowest BCUT2D eigenvalue weighted by molar-refractivity contribution is -0.115. The van der Waals surface area contributed by atoms with Crippen molar-refractivity contribution in [3.8, 4) is 0 Å². The zero-order valence-corrected chi connectivity index (χ0v) is 10.5. The molecule has 1 aliphatic carbocycles. The molecule has 0 amide bonds. The highest BCUT2D eigenvalue weighted by molar-refractivity contribution is 5.80. The molecule has 1 heterocycles. The van der Waals surface area contributed by atoms with Crippen molar-refractivity contribution < 1.29 is 4.79 Å². The predicted octanol–water partition coefficient (Wildman–Crippen LogP) is 2.16. The minimum Gasteiger partial charge on any atom is -0.351 e. The fraction of sp³-hybridized carbons (Fsp3) is 0.615. The summed E-state index contributed by atoms with van der Waals surface area (Å²) < 4.78 is 0. The SMILES string of the molecule is CC(=O)CN(C)c1ccc(C2CCCC2)nn1. The van der Waals surface area contributed by atoms with Crippen LogP contribution >= 0.6 is 0 Å². The second-order valence-electron chi connectivity index (χ2n) is 4.86. The van der Waals surface area contributed by atoms with Crippen LogP contribution in [0.1, 0.15) is 44.2 Å². The first kappa shape index (κ1) is 12.0. The van der Waals surface area contributed by atoms with E-state index in [2.05, 4.69) is 16.3 Å². The number of Topliss-reactive ketones (excluding diaryl/α,β-unsaturated/α-hetero) is 1. The normalized spacial score (nSPS) is 16.1. The Hall–Kier alpha value is -1.45. The van der Waals surface area contributed by atoms with E-state index in [-0.39, 0.29) is 5.78 Å². The molecule has 0 aromatic carbocycles. The number of ketones is 1. The van der Waals surface area contributed by atoms with Crippen molar-refractivity contribution in [3.63, 3.8) is 0 Å². The van der Waals surface area contributed by atoms with Gasteiger partial charge < -0.3 is 4.90 Å². The lowest BCUT2D eigenvalue weighted by Gasteiger charge is -2.16. The molecule has 1 saturated carbocycles. The highest BCUT2D eigenvalue weighted by atomic mass is 16.1. The van der Waals surface area contributed by atoms with Gasteiger partial charge in [-0.25, -0.2) is 0 Å². The zero-order valence-electron chi connectivity index (χ0n) is 10.5. The third kappa shape index (κ3) is 3.02. The third-order valence-electron chi connectivity index (χ3n) is 3.30. The van der Waals surface area contributed by atoms with Crippen LogP contribution in [-0.2, 0) is 4.79 Å². The molecule has 1 aromatic rings. The molecule has 0 saturated heterocycles. The van der Waals surface area contributed by atoms with Crippen molar-refractivity contribution in [1.82, 2.24) is 10.2 Å². The zero-order chi connectivity index (χ0) is 12.3. The van der Waals surface area contributed by atoms with Crippen LogP contribution in [0.25, 0.3) is 0 Å². The van der Waals surface area contributed by atoms with Gasteiger partial charge in [0.2, 0.25) is 0 Å². The van der Waals surface area contributed by atoms with Gasteiger partial charge >= 0.3 is 0 Å². The number of carbonyl (C=O) groups excluding carboxylic acids is 1. The van der Waals surface area contributed by atoms with Crippen molar-refractivity contribution in [2.75, 3.05) is 18.5 Å². The Bertz CT molecular complexity index is 382. The molecule has 0 atom stereocenters. The topological polar surface area (TPSA) is 46.1 Å². The number of anilines is 1. The molecular formula is C13H19N3O. The van der Waals surface area contributed by atoms with Crippen molar-refractivity contribution in [1.29, 1.82) is 0 Å². The quantitative estimate of drug-likeness (QED) is 0.799. The highest BCUT2D eigenvalue weighted by Gasteiger charge is 2.18. The van der Waals surface area contributed by atoms with Crippen LogP contribution in [0.4, 0.5) is 5.82 Å². The van der Waals surface area contributed by atoms with E-state index in [1.807, 2.05) is 18.0 Å². The summed E-state index contributed by atoms with van der Waals surface area (Å²) in [5.74, 6) is 1.49. The van der Waals surface area contributed by atoms with Gasteiger partial charge in [0.25, 0.3) is 0 Å². The number of likely N-dealkylation sites (N-methyl/N-ethyl adjacent to an activating group) is 1. The summed E-state index contributed by atoms with van der Waals surface area (Å²) in [7, 11) is 1.86. The average molecular weight is 233 g/mol. The van der Waals surface area contributed by atoms with Crippen molar-refractivity contribution in [3.05, 3.63) is 17.8 Å². The number of aromatic nitrogens is 2. The fourth-order valence-corrected chi connectivity index (χ4v) is 2.39. The molecule has 0 radical (unpaired) electrons. The van der Waals surface area contributed by atoms with Crippen LogP contribution in [0.3, 0.4) is 0 Å². The summed E-state index contributed by atoms with van der Waals surface area (Å²) in [5.41, 5.74) is 1.10. The van der Waals surface area contributed by atoms with Gasteiger partial charge in [-0.1, -0.05) is 12.8 Å². The Morgan fingerprint density at radius 2 is 2.06 bits per heavy atom. The predicted molar refractivity (Wildman–Crippen MR) is 67.2 cm³/mol. The molecule has 1 fully saturated rings. The number of hydrogen-bond acceptors (Lipinski definition) is 4. The standard InChI is InChI=1S/C13H19N3O/c1-10(17)9-16(2)13-8-7-12(14-15-13)11-5-3-4-6-11/h7-8,11H,3-6,9H2,1-2H3. The first-order valence-electron chi connectivity index (χ1n) is 6.21. The van der Waals surface area contributed by atoms with Crippen LogP contribution in [0.5, 0.6) is 0 Å². The smallest absolute Gasteiger partial charge is 0.151 e.